The van der Waals surface area contributed by atoms with Gasteiger partial charge in [0.05, 0.1) is 12.2 Å². The third kappa shape index (κ3) is 2.80. The summed E-state index contributed by atoms with van der Waals surface area (Å²) in [6.45, 7) is 4.54. The van der Waals surface area contributed by atoms with Gasteiger partial charge in [-0.05, 0) is 80.0 Å². The summed E-state index contributed by atoms with van der Waals surface area (Å²) in [6.07, 6.45) is 9.21. The van der Waals surface area contributed by atoms with Gasteiger partial charge in [0.25, 0.3) is 0 Å². The Morgan fingerprint density at radius 2 is 1.84 bits per heavy atom. The van der Waals surface area contributed by atoms with Crippen LogP contribution in [0.5, 0.6) is 0 Å². The van der Waals surface area contributed by atoms with Gasteiger partial charge in [0, 0.05) is 0 Å². The number of aliphatic hydroxyl groups is 1. The Morgan fingerprint density at radius 3 is 2.56 bits per heavy atom. The largest absolute Gasteiger partial charge is 0.397 e. The van der Waals surface area contributed by atoms with Crippen molar-refractivity contribution in [2.75, 3.05) is 0 Å². The van der Waals surface area contributed by atoms with E-state index in [4.69, 9.17) is 8.74 Å². The van der Waals surface area contributed by atoms with E-state index >= 15 is 0 Å². The smallest absolute Gasteiger partial charge is 0.389 e. The maximum Gasteiger partial charge on any atom is 0.397 e. The minimum absolute atomic E-state index is 0.164. The highest BCUT2D eigenvalue weighted by molar-refractivity contribution is 7.80. The summed E-state index contributed by atoms with van der Waals surface area (Å²) in [4.78, 5) is 0. The molecule has 7 atom stereocenters. The molecule has 0 aromatic rings. The molecule has 3 fully saturated rings. The number of hydrogen-bond donors (Lipinski definition) is 2. The molecule has 0 heterocycles. The van der Waals surface area contributed by atoms with Crippen LogP contribution in [0.2, 0.25) is 0 Å². The second kappa shape index (κ2) is 5.78. The summed E-state index contributed by atoms with van der Waals surface area (Å²) in [7, 11) is -4.40. The first-order valence-corrected chi connectivity index (χ1v) is 11.0. The SMILES string of the molecule is C[C@]12CC[C@H]3[C@@H](CCC4=C[C@H](O)CC[C@@]43C)[C@@H]1CC[C@H]2OS(=O)(=O)O. The van der Waals surface area contributed by atoms with E-state index in [1.807, 2.05) is 0 Å². The normalized spacial score (nSPS) is 49.8. The summed E-state index contributed by atoms with van der Waals surface area (Å²) in [6, 6.07) is 0. The molecule has 0 radical (unpaired) electrons. The molecule has 5 nitrogen and oxygen atoms in total. The van der Waals surface area contributed by atoms with Crippen molar-refractivity contribution in [3.8, 4) is 0 Å². The highest BCUT2D eigenvalue weighted by Gasteiger charge is 2.59. The molecule has 4 aliphatic carbocycles. The van der Waals surface area contributed by atoms with Gasteiger partial charge in [-0.25, -0.2) is 4.18 Å². The standard InChI is InChI=1S/C19H30O5S/c1-18-9-7-13(20)11-12(18)3-4-14-15-5-6-17(24-25(21,22)23)19(15,2)10-8-16(14)18/h11,13-17,20H,3-10H2,1-2H3,(H,21,22,23)/t13-,14+,15+,16+,17-,18+,19+/m1/s1. The second-order valence-electron chi connectivity index (χ2n) is 9.27. The molecule has 25 heavy (non-hydrogen) atoms. The van der Waals surface area contributed by atoms with Gasteiger partial charge in [-0.3, -0.25) is 4.55 Å². The van der Waals surface area contributed by atoms with Crippen LogP contribution in [0, 0.1) is 28.6 Å². The molecule has 2 N–H and O–H groups in total. The topological polar surface area (TPSA) is 83.8 Å². The Bertz CT molecular complexity index is 686. The number of rotatable bonds is 2. The Labute approximate surface area is 150 Å². The molecule has 0 bridgehead atoms. The molecule has 0 saturated heterocycles. The van der Waals surface area contributed by atoms with Crippen LogP contribution in [0.25, 0.3) is 0 Å². The Morgan fingerprint density at radius 1 is 1.08 bits per heavy atom. The van der Waals surface area contributed by atoms with Gasteiger partial charge < -0.3 is 5.11 Å². The summed E-state index contributed by atoms with van der Waals surface area (Å²) in [5.41, 5.74) is 1.47. The fourth-order valence-corrected chi connectivity index (χ4v) is 7.58. The first kappa shape index (κ1) is 18.0. The van der Waals surface area contributed by atoms with Gasteiger partial charge in [-0.1, -0.05) is 25.5 Å². The fraction of sp³-hybridized carbons (Fsp3) is 0.895. The lowest BCUT2D eigenvalue weighted by molar-refractivity contribution is -0.0706. The predicted octanol–water partition coefficient (Wildman–Crippen LogP) is 3.50. The van der Waals surface area contributed by atoms with E-state index in [-0.39, 0.29) is 16.9 Å². The first-order chi connectivity index (χ1) is 11.6. The minimum atomic E-state index is -4.40. The van der Waals surface area contributed by atoms with Crippen molar-refractivity contribution in [2.24, 2.45) is 28.6 Å². The van der Waals surface area contributed by atoms with Gasteiger partial charge in [0.15, 0.2) is 0 Å². The minimum Gasteiger partial charge on any atom is -0.389 e. The van der Waals surface area contributed by atoms with Crippen molar-refractivity contribution >= 4 is 10.4 Å². The van der Waals surface area contributed by atoms with Gasteiger partial charge in [0.1, 0.15) is 0 Å². The highest BCUT2D eigenvalue weighted by Crippen LogP contribution is 2.65. The van der Waals surface area contributed by atoms with Crippen molar-refractivity contribution in [1.29, 1.82) is 0 Å². The molecule has 4 rings (SSSR count). The molecular weight excluding hydrogens is 340 g/mol. The van der Waals surface area contributed by atoms with Crippen LogP contribution in [0.4, 0.5) is 0 Å². The predicted molar refractivity (Wildman–Crippen MR) is 94.1 cm³/mol. The van der Waals surface area contributed by atoms with E-state index in [0.717, 1.165) is 44.9 Å². The molecule has 0 aliphatic heterocycles. The number of fused-ring (bicyclic) bond motifs is 5. The summed E-state index contributed by atoms with van der Waals surface area (Å²) in [5, 5.41) is 10.0. The van der Waals surface area contributed by atoms with E-state index in [0.29, 0.717) is 24.2 Å². The van der Waals surface area contributed by atoms with Crippen LogP contribution in [0.15, 0.2) is 11.6 Å². The lowest BCUT2D eigenvalue weighted by atomic mass is 9.47. The number of allylic oxidation sites excluding steroid dienone is 1. The van der Waals surface area contributed by atoms with Crippen LogP contribution in [-0.4, -0.2) is 30.3 Å². The van der Waals surface area contributed by atoms with Crippen LogP contribution >= 0.6 is 0 Å². The maximum absolute atomic E-state index is 11.3. The Hall–Kier alpha value is -0.430. The Balaban J connectivity index is 1.61. The quantitative estimate of drug-likeness (QED) is 0.574. The van der Waals surface area contributed by atoms with Crippen LogP contribution < -0.4 is 0 Å². The van der Waals surface area contributed by atoms with Crippen LogP contribution in [0.3, 0.4) is 0 Å². The molecule has 0 unspecified atom stereocenters. The zero-order chi connectivity index (χ0) is 18.0. The van der Waals surface area contributed by atoms with E-state index < -0.39 is 16.5 Å². The van der Waals surface area contributed by atoms with Crippen LogP contribution in [-0.2, 0) is 14.6 Å². The zero-order valence-electron chi connectivity index (χ0n) is 15.1. The molecule has 3 saturated carbocycles. The summed E-state index contributed by atoms with van der Waals surface area (Å²) >= 11 is 0. The molecule has 0 aromatic heterocycles. The number of aliphatic hydroxyl groups excluding tert-OH is 1. The average molecular weight is 371 g/mol. The third-order valence-corrected chi connectivity index (χ3v) is 8.72. The molecule has 4 aliphatic rings. The first-order valence-electron chi connectivity index (χ1n) is 9.68. The lowest BCUT2D eigenvalue weighted by Crippen LogP contribution is -2.51. The fourth-order valence-electron chi connectivity index (χ4n) is 6.97. The Kier molecular flexibility index (Phi) is 4.15. The molecule has 0 aromatic carbocycles. The molecule has 142 valence electrons. The maximum atomic E-state index is 11.3. The van der Waals surface area contributed by atoms with Gasteiger partial charge in [0.2, 0.25) is 0 Å². The van der Waals surface area contributed by atoms with E-state index in [9.17, 15) is 13.5 Å². The van der Waals surface area contributed by atoms with Crippen molar-refractivity contribution in [3.63, 3.8) is 0 Å². The molecule has 6 heteroatoms. The lowest BCUT2D eigenvalue weighted by Gasteiger charge is -2.58. The van der Waals surface area contributed by atoms with Crippen molar-refractivity contribution < 1.29 is 22.3 Å². The van der Waals surface area contributed by atoms with E-state index in [1.54, 1.807) is 0 Å². The van der Waals surface area contributed by atoms with E-state index in [1.165, 1.54) is 5.57 Å². The van der Waals surface area contributed by atoms with Gasteiger partial charge in [-0.2, -0.15) is 8.42 Å². The van der Waals surface area contributed by atoms with Crippen molar-refractivity contribution in [2.45, 2.75) is 77.4 Å². The van der Waals surface area contributed by atoms with Crippen LogP contribution in [0.1, 0.15) is 65.2 Å². The molecule has 0 amide bonds. The average Bonchev–Trinajstić information content (AvgIpc) is 2.83. The van der Waals surface area contributed by atoms with Gasteiger partial charge >= 0.3 is 10.4 Å². The molecular formula is C19H30O5S. The van der Waals surface area contributed by atoms with Gasteiger partial charge in [-0.15, -0.1) is 0 Å². The highest BCUT2D eigenvalue weighted by atomic mass is 32.3. The van der Waals surface area contributed by atoms with Crippen molar-refractivity contribution in [1.82, 2.24) is 0 Å². The summed E-state index contributed by atoms with van der Waals surface area (Å²) in [5.74, 6) is 1.66. The third-order valence-electron chi connectivity index (χ3n) is 8.24. The van der Waals surface area contributed by atoms with E-state index in [2.05, 4.69) is 19.9 Å². The van der Waals surface area contributed by atoms with Crippen molar-refractivity contribution in [3.05, 3.63) is 11.6 Å². The summed E-state index contributed by atoms with van der Waals surface area (Å²) < 4.78 is 36.8. The second-order valence-corrected chi connectivity index (χ2v) is 10.3. The zero-order valence-corrected chi connectivity index (χ0v) is 16.0. The number of hydrogen-bond acceptors (Lipinski definition) is 4. The molecule has 0 spiro atoms. The monoisotopic (exact) mass is 370 g/mol.